The van der Waals surface area contributed by atoms with Gasteiger partial charge in [0.2, 0.25) is 0 Å². The zero-order valence-corrected chi connectivity index (χ0v) is 13.7. The Morgan fingerprint density at radius 3 is 2.36 bits per heavy atom. The zero-order valence-electron chi connectivity index (χ0n) is 12.1. The number of methoxy groups -OCH3 is 1. The predicted molar refractivity (Wildman–Crippen MR) is 92.1 cm³/mol. The highest BCUT2D eigenvalue weighted by Gasteiger charge is 2.10. The molecule has 0 fully saturated rings. The maximum atomic E-state index is 9.64. The van der Waals surface area contributed by atoms with Crippen molar-refractivity contribution in [3.8, 4) is 11.5 Å². The largest absolute Gasteiger partial charge is 0.504 e. The van der Waals surface area contributed by atoms with Gasteiger partial charge in [-0.05, 0) is 47.6 Å². The molecule has 4 nitrogen and oxygen atoms in total. The maximum Gasteiger partial charge on any atom is 0.166 e. The molecule has 22 heavy (non-hydrogen) atoms. The van der Waals surface area contributed by atoms with Crippen molar-refractivity contribution in [2.75, 3.05) is 7.11 Å². The molecule has 0 aromatic heterocycles. The molecule has 2 rings (SSSR count). The summed E-state index contributed by atoms with van der Waals surface area (Å²) in [5, 5.41) is 10.6. The lowest BCUT2D eigenvalue weighted by atomic mass is 10.1. The molecular formula is C16H17ClN2O2S. The number of hydrogen-bond acceptors (Lipinski definition) is 3. The molecule has 0 aliphatic carbocycles. The van der Waals surface area contributed by atoms with Gasteiger partial charge in [0.05, 0.1) is 7.11 Å². The maximum absolute atomic E-state index is 9.64. The van der Waals surface area contributed by atoms with Crippen molar-refractivity contribution in [1.29, 1.82) is 0 Å². The van der Waals surface area contributed by atoms with Gasteiger partial charge < -0.3 is 20.5 Å². The second kappa shape index (κ2) is 7.33. The zero-order chi connectivity index (χ0) is 16.1. The van der Waals surface area contributed by atoms with Crippen molar-refractivity contribution in [2.24, 2.45) is 5.73 Å². The lowest BCUT2D eigenvalue weighted by Gasteiger charge is -2.23. The highest BCUT2D eigenvalue weighted by molar-refractivity contribution is 7.80. The number of ether oxygens (including phenoxy) is 1. The molecule has 0 atom stereocenters. The summed E-state index contributed by atoms with van der Waals surface area (Å²) < 4.78 is 5.11. The first kappa shape index (κ1) is 16.4. The number of phenols is 1. The Bertz CT molecular complexity index is 662. The quantitative estimate of drug-likeness (QED) is 0.820. The van der Waals surface area contributed by atoms with Gasteiger partial charge in [0, 0.05) is 18.1 Å². The molecule has 116 valence electrons. The topological polar surface area (TPSA) is 58.7 Å². The van der Waals surface area contributed by atoms with Crippen LogP contribution < -0.4 is 10.5 Å². The van der Waals surface area contributed by atoms with E-state index >= 15 is 0 Å². The molecule has 2 aromatic carbocycles. The van der Waals surface area contributed by atoms with E-state index in [1.807, 2.05) is 35.2 Å². The van der Waals surface area contributed by atoms with Crippen LogP contribution in [0.3, 0.4) is 0 Å². The molecule has 0 heterocycles. The standard InChI is InChI=1S/C16H17ClN2O2S/c1-21-15-8-12(4-7-14(15)20)10-19(16(18)22)9-11-2-5-13(17)6-3-11/h2-8,20H,9-10H2,1H3,(H2,18,22). The van der Waals surface area contributed by atoms with Gasteiger partial charge in [-0.2, -0.15) is 0 Å². The molecule has 0 radical (unpaired) electrons. The molecule has 0 aliphatic rings. The number of hydrogen-bond donors (Lipinski definition) is 2. The van der Waals surface area contributed by atoms with E-state index in [9.17, 15) is 5.11 Å². The van der Waals surface area contributed by atoms with Crippen LogP contribution in [0.2, 0.25) is 5.02 Å². The molecule has 2 aromatic rings. The summed E-state index contributed by atoms with van der Waals surface area (Å²) in [4.78, 5) is 1.87. The smallest absolute Gasteiger partial charge is 0.166 e. The number of phenolic OH excluding ortho intramolecular Hbond substituents is 1. The van der Waals surface area contributed by atoms with Crippen LogP contribution in [0.1, 0.15) is 11.1 Å². The van der Waals surface area contributed by atoms with Crippen LogP contribution in [0.15, 0.2) is 42.5 Å². The summed E-state index contributed by atoms with van der Waals surface area (Å²) in [5.41, 5.74) is 7.81. The third-order valence-corrected chi connectivity index (χ3v) is 3.73. The molecular weight excluding hydrogens is 320 g/mol. The summed E-state index contributed by atoms with van der Waals surface area (Å²) in [6.07, 6.45) is 0. The van der Waals surface area contributed by atoms with Crippen molar-refractivity contribution < 1.29 is 9.84 Å². The Kier molecular flexibility index (Phi) is 5.46. The molecule has 0 saturated heterocycles. The first-order valence-electron chi connectivity index (χ1n) is 6.64. The van der Waals surface area contributed by atoms with E-state index < -0.39 is 0 Å². The number of benzene rings is 2. The monoisotopic (exact) mass is 336 g/mol. The SMILES string of the molecule is COc1cc(CN(Cc2ccc(Cl)cc2)C(N)=S)ccc1O. The van der Waals surface area contributed by atoms with Gasteiger partial charge in [0.25, 0.3) is 0 Å². The van der Waals surface area contributed by atoms with Crippen LogP contribution in [-0.2, 0) is 13.1 Å². The van der Waals surface area contributed by atoms with E-state index in [4.69, 9.17) is 34.3 Å². The van der Waals surface area contributed by atoms with E-state index in [2.05, 4.69) is 0 Å². The summed E-state index contributed by atoms with van der Waals surface area (Å²) >= 11 is 11.0. The summed E-state index contributed by atoms with van der Waals surface area (Å²) in [5.74, 6) is 0.526. The fraction of sp³-hybridized carbons (Fsp3) is 0.188. The third kappa shape index (κ3) is 4.26. The van der Waals surface area contributed by atoms with Gasteiger partial charge in [-0.1, -0.05) is 29.8 Å². The van der Waals surface area contributed by atoms with Crippen molar-refractivity contribution in [2.45, 2.75) is 13.1 Å². The van der Waals surface area contributed by atoms with E-state index in [0.717, 1.165) is 11.1 Å². The van der Waals surface area contributed by atoms with E-state index in [1.165, 1.54) is 7.11 Å². The van der Waals surface area contributed by atoms with Crippen LogP contribution in [-0.4, -0.2) is 22.2 Å². The fourth-order valence-electron chi connectivity index (χ4n) is 2.06. The van der Waals surface area contributed by atoms with E-state index in [-0.39, 0.29) is 5.75 Å². The van der Waals surface area contributed by atoms with Crippen LogP contribution in [0.25, 0.3) is 0 Å². The first-order chi connectivity index (χ1) is 10.5. The Labute approximate surface area is 140 Å². The van der Waals surface area contributed by atoms with Gasteiger partial charge in [-0.3, -0.25) is 0 Å². The summed E-state index contributed by atoms with van der Waals surface area (Å²) in [6, 6.07) is 12.7. The second-order valence-electron chi connectivity index (χ2n) is 4.83. The van der Waals surface area contributed by atoms with Crippen LogP contribution >= 0.6 is 23.8 Å². The minimum atomic E-state index is 0.103. The molecule has 0 unspecified atom stereocenters. The number of thiocarbonyl (C=S) groups is 1. The molecule has 0 aliphatic heterocycles. The van der Waals surface area contributed by atoms with Crippen molar-refractivity contribution >= 4 is 28.9 Å². The third-order valence-electron chi connectivity index (χ3n) is 3.22. The van der Waals surface area contributed by atoms with Crippen molar-refractivity contribution in [1.82, 2.24) is 4.90 Å². The molecule has 0 bridgehead atoms. The van der Waals surface area contributed by atoms with Crippen molar-refractivity contribution in [3.05, 3.63) is 58.6 Å². The molecule has 0 amide bonds. The second-order valence-corrected chi connectivity index (χ2v) is 5.68. The predicted octanol–water partition coefficient (Wildman–Crippen LogP) is 3.30. The van der Waals surface area contributed by atoms with Gasteiger partial charge in [0.15, 0.2) is 16.6 Å². The van der Waals surface area contributed by atoms with Crippen molar-refractivity contribution in [3.63, 3.8) is 0 Å². The van der Waals surface area contributed by atoms with E-state index in [1.54, 1.807) is 12.1 Å². The van der Waals surface area contributed by atoms with Crippen LogP contribution in [0.4, 0.5) is 0 Å². The average Bonchev–Trinajstić information content (AvgIpc) is 2.50. The average molecular weight is 337 g/mol. The Morgan fingerprint density at radius 2 is 1.77 bits per heavy atom. The lowest BCUT2D eigenvalue weighted by molar-refractivity contribution is 0.369. The first-order valence-corrected chi connectivity index (χ1v) is 7.43. The molecule has 0 saturated carbocycles. The fourth-order valence-corrected chi connectivity index (χ4v) is 2.32. The lowest BCUT2D eigenvalue weighted by Crippen LogP contribution is -2.34. The number of rotatable bonds is 5. The Morgan fingerprint density at radius 1 is 1.18 bits per heavy atom. The Balaban J connectivity index is 2.15. The summed E-state index contributed by atoms with van der Waals surface area (Å²) in [6.45, 7) is 1.10. The minimum Gasteiger partial charge on any atom is -0.504 e. The number of nitrogens with two attached hydrogens (primary N) is 1. The highest BCUT2D eigenvalue weighted by Crippen LogP contribution is 2.27. The molecule has 6 heteroatoms. The Hall–Kier alpha value is -1.98. The van der Waals surface area contributed by atoms with Gasteiger partial charge >= 0.3 is 0 Å². The van der Waals surface area contributed by atoms with E-state index in [0.29, 0.717) is 29.0 Å². The van der Waals surface area contributed by atoms with Crippen LogP contribution in [0, 0.1) is 0 Å². The van der Waals surface area contributed by atoms with Gasteiger partial charge in [-0.25, -0.2) is 0 Å². The number of nitrogens with zero attached hydrogens (tertiary/aromatic N) is 1. The highest BCUT2D eigenvalue weighted by atomic mass is 35.5. The minimum absolute atomic E-state index is 0.103. The molecule has 0 spiro atoms. The number of halogens is 1. The molecule has 3 N–H and O–H groups in total. The normalized spacial score (nSPS) is 10.3. The van der Waals surface area contributed by atoms with Crippen LogP contribution in [0.5, 0.6) is 11.5 Å². The number of aromatic hydroxyl groups is 1. The van der Waals surface area contributed by atoms with Gasteiger partial charge in [-0.15, -0.1) is 0 Å². The van der Waals surface area contributed by atoms with Gasteiger partial charge in [0.1, 0.15) is 0 Å². The summed E-state index contributed by atoms with van der Waals surface area (Å²) in [7, 11) is 1.51.